The molecule has 5 heteroatoms. The zero-order chi connectivity index (χ0) is 14.7. The van der Waals surface area contributed by atoms with E-state index in [0.717, 1.165) is 0 Å². The summed E-state index contributed by atoms with van der Waals surface area (Å²) >= 11 is 12.1. The summed E-state index contributed by atoms with van der Waals surface area (Å²) in [7, 11) is 1.45. The van der Waals surface area contributed by atoms with Gasteiger partial charge in [-0.15, -0.1) is 0 Å². The van der Waals surface area contributed by atoms with Crippen LogP contribution in [0.15, 0.2) is 36.4 Å². The fraction of sp³-hybridized carbons (Fsp3) is 0.200. The molecule has 0 aliphatic heterocycles. The first-order valence-corrected chi connectivity index (χ1v) is 6.73. The number of methoxy groups -OCH3 is 1. The predicted octanol–water partition coefficient (Wildman–Crippen LogP) is 4.42. The molecule has 0 heterocycles. The summed E-state index contributed by atoms with van der Waals surface area (Å²) in [6.07, 6.45) is -0.889. The standard InChI is InChI=1S/C15H13Cl2FO2/c1-20-9-5-6-10(14(18)7-9)15(19)8-11-12(16)3-2-4-13(11)17/h2-7,15,19H,8H2,1H3. The van der Waals surface area contributed by atoms with E-state index in [4.69, 9.17) is 27.9 Å². The SMILES string of the molecule is COc1ccc(C(O)Cc2c(Cl)cccc2Cl)c(F)c1. The first-order valence-electron chi connectivity index (χ1n) is 5.97. The second kappa shape index (κ2) is 6.44. The van der Waals surface area contributed by atoms with E-state index in [0.29, 0.717) is 21.4 Å². The minimum Gasteiger partial charge on any atom is -0.497 e. The van der Waals surface area contributed by atoms with Crippen LogP contribution in [-0.4, -0.2) is 12.2 Å². The van der Waals surface area contributed by atoms with E-state index in [1.165, 1.54) is 19.2 Å². The minimum absolute atomic E-state index is 0.141. The highest BCUT2D eigenvalue weighted by atomic mass is 35.5. The first kappa shape index (κ1) is 15.1. The molecule has 0 aromatic heterocycles. The van der Waals surface area contributed by atoms with Gasteiger partial charge in [-0.1, -0.05) is 29.3 Å². The number of ether oxygens (including phenoxy) is 1. The largest absolute Gasteiger partial charge is 0.497 e. The number of aliphatic hydroxyl groups excluding tert-OH is 1. The van der Waals surface area contributed by atoms with E-state index in [9.17, 15) is 9.50 Å². The van der Waals surface area contributed by atoms with Crippen LogP contribution in [0.2, 0.25) is 10.0 Å². The lowest BCUT2D eigenvalue weighted by molar-refractivity contribution is 0.173. The third-order valence-corrected chi connectivity index (χ3v) is 3.73. The Hall–Kier alpha value is -1.29. The van der Waals surface area contributed by atoms with E-state index >= 15 is 0 Å². The van der Waals surface area contributed by atoms with Crippen molar-refractivity contribution in [1.29, 1.82) is 0 Å². The molecule has 1 N–H and O–H groups in total. The predicted molar refractivity (Wildman–Crippen MR) is 78.1 cm³/mol. The van der Waals surface area contributed by atoms with Crippen LogP contribution in [0.25, 0.3) is 0 Å². The second-order valence-electron chi connectivity index (χ2n) is 4.31. The summed E-state index contributed by atoms with van der Waals surface area (Å²) < 4.78 is 18.8. The maximum atomic E-state index is 13.9. The summed E-state index contributed by atoms with van der Waals surface area (Å²) in [4.78, 5) is 0. The number of benzene rings is 2. The van der Waals surface area contributed by atoms with Crippen LogP contribution in [0.5, 0.6) is 5.75 Å². The molecule has 0 aliphatic carbocycles. The van der Waals surface area contributed by atoms with Gasteiger partial charge in [0.2, 0.25) is 0 Å². The van der Waals surface area contributed by atoms with Crippen molar-refractivity contribution >= 4 is 23.2 Å². The Balaban J connectivity index is 2.26. The second-order valence-corrected chi connectivity index (χ2v) is 5.12. The van der Waals surface area contributed by atoms with Gasteiger partial charge in [0.1, 0.15) is 11.6 Å². The van der Waals surface area contributed by atoms with Crippen molar-refractivity contribution in [2.45, 2.75) is 12.5 Å². The van der Waals surface area contributed by atoms with Gasteiger partial charge in [0.05, 0.1) is 13.2 Å². The molecule has 2 aromatic rings. The Bertz CT molecular complexity index is 597. The molecule has 0 radical (unpaired) electrons. The molecule has 106 valence electrons. The van der Waals surface area contributed by atoms with Crippen LogP contribution >= 0.6 is 23.2 Å². The highest BCUT2D eigenvalue weighted by Gasteiger charge is 2.17. The normalized spacial score (nSPS) is 12.2. The van der Waals surface area contributed by atoms with Crippen molar-refractivity contribution < 1.29 is 14.2 Å². The van der Waals surface area contributed by atoms with Gasteiger partial charge in [-0.3, -0.25) is 0 Å². The molecule has 0 amide bonds. The molecule has 0 spiro atoms. The molecule has 0 saturated heterocycles. The molecule has 0 fully saturated rings. The van der Waals surface area contributed by atoms with Crippen molar-refractivity contribution in [1.82, 2.24) is 0 Å². The number of halogens is 3. The van der Waals surface area contributed by atoms with Crippen LogP contribution in [0.1, 0.15) is 17.2 Å². The van der Waals surface area contributed by atoms with Crippen LogP contribution < -0.4 is 4.74 Å². The number of rotatable bonds is 4. The lowest BCUT2D eigenvalue weighted by atomic mass is 10.0. The van der Waals surface area contributed by atoms with Gasteiger partial charge in [0.25, 0.3) is 0 Å². The van der Waals surface area contributed by atoms with Gasteiger partial charge in [-0.05, 0) is 29.8 Å². The Morgan fingerprint density at radius 3 is 2.40 bits per heavy atom. The molecule has 0 aliphatic rings. The Morgan fingerprint density at radius 1 is 1.20 bits per heavy atom. The summed E-state index contributed by atoms with van der Waals surface area (Å²) in [6, 6.07) is 9.39. The minimum atomic E-state index is -1.03. The molecule has 20 heavy (non-hydrogen) atoms. The fourth-order valence-corrected chi connectivity index (χ4v) is 2.49. The highest BCUT2D eigenvalue weighted by molar-refractivity contribution is 6.36. The highest BCUT2D eigenvalue weighted by Crippen LogP contribution is 2.31. The van der Waals surface area contributed by atoms with Gasteiger partial charge in [0.15, 0.2) is 0 Å². The Kier molecular flexibility index (Phi) is 4.86. The van der Waals surface area contributed by atoms with Crippen molar-refractivity contribution in [3.05, 3.63) is 63.4 Å². The van der Waals surface area contributed by atoms with Gasteiger partial charge >= 0.3 is 0 Å². The quantitative estimate of drug-likeness (QED) is 0.905. The van der Waals surface area contributed by atoms with Gasteiger partial charge < -0.3 is 9.84 Å². The Morgan fingerprint density at radius 2 is 1.85 bits per heavy atom. The topological polar surface area (TPSA) is 29.5 Å². The maximum Gasteiger partial charge on any atom is 0.132 e. The third kappa shape index (κ3) is 3.23. The molecular weight excluding hydrogens is 302 g/mol. The van der Waals surface area contributed by atoms with Crippen LogP contribution in [0, 0.1) is 5.82 Å². The summed E-state index contributed by atoms with van der Waals surface area (Å²) in [5.41, 5.74) is 0.778. The van der Waals surface area contributed by atoms with Crippen molar-refractivity contribution in [2.75, 3.05) is 7.11 Å². The summed E-state index contributed by atoms with van der Waals surface area (Å²) in [5.74, 6) is -0.130. The van der Waals surface area contributed by atoms with Crippen molar-refractivity contribution in [2.24, 2.45) is 0 Å². The van der Waals surface area contributed by atoms with Gasteiger partial charge in [-0.25, -0.2) is 4.39 Å². The van der Waals surface area contributed by atoms with E-state index in [1.807, 2.05) is 0 Å². The van der Waals surface area contributed by atoms with E-state index < -0.39 is 11.9 Å². The van der Waals surface area contributed by atoms with E-state index in [-0.39, 0.29) is 12.0 Å². The molecule has 2 nitrogen and oxygen atoms in total. The lowest BCUT2D eigenvalue weighted by Gasteiger charge is -2.14. The number of aliphatic hydroxyl groups is 1. The first-order chi connectivity index (χ1) is 9.52. The smallest absolute Gasteiger partial charge is 0.132 e. The third-order valence-electron chi connectivity index (χ3n) is 3.03. The molecular formula is C15H13Cl2FO2. The van der Waals surface area contributed by atoms with Crippen LogP contribution in [-0.2, 0) is 6.42 Å². The van der Waals surface area contributed by atoms with Crippen LogP contribution in [0.4, 0.5) is 4.39 Å². The zero-order valence-electron chi connectivity index (χ0n) is 10.7. The van der Waals surface area contributed by atoms with Crippen molar-refractivity contribution in [3.8, 4) is 5.75 Å². The Labute approximate surface area is 126 Å². The van der Waals surface area contributed by atoms with Gasteiger partial charge in [0, 0.05) is 28.1 Å². The lowest BCUT2D eigenvalue weighted by Crippen LogP contribution is -2.05. The maximum absolute atomic E-state index is 13.9. The van der Waals surface area contributed by atoms with Crippen LogP contribution in [0.3, 0.4) is 0 Å². The van der Waals surface area contributed by atoms with E-state index in [2.05, 4.69) is 0 Å². The van der Waals surface area contributed by atoms with E-state index in [1.54, 1.807) is 24.3 Å². The molecule has 2 aromatic carbocycles. The summed E-state index contributed by atoms with van der Waals surface area (Å²) in [6.45, 7) is 0. The molecule has 2 rings (SSSR count). The number of hydrogen-bond donors (Lipinski definition) is 1. The molecule has 0 bridgehead atoms. The zero-order valence-corrected chi connectivity index (χ0v) is 12.2. The van der Waals surface area contributed by atoms with Gasteiger partial charge in [-0.2, -0.15) is 0 Å². The fourth-order valence-electron chi connectivity index (χ4n) is 1.94. The summed E-state index contributed by atoms with van der Waals surface area (Å²) in [5, 5.41) is 11.1. The average Bonchev–Trinajstić information content (AvgIpc) is 2.42. The monoisotopic (exact) mass is 314 g/mol. The average molecular weight is 315 g/mol. The van der Waals surface area contributed by atoms with Crippen molar-refractivity contribution in [3.63, 3.8) is 0 Å². The molecule has 0 saturated carbocycles. The molecule has 1 unspecified atom stereocenters. The molecule has 1 atom stereocenters. The number of hydrogen-bond acceptors (Lipinski definition) is 2.